The third kappa shape index (κ3) is 1.09. The van der Waals surface area contributed by atoms with Crippen LogP contribution in [-0.2, 0) is 0 Å². The summed E-state index contributed by atoms with van der Waals surface area (Å²) in [5.74, 6) is 0. The van der Waals surface area contributed by atoms with Crippen LogP contribution in [0.1, 0.15) is 16.4 Å². The summed E-state index contributed by atoms with van der Waals surface area (Å²) >= 11 is 0. The fraction of sp³-hybridized carbons (Fsp3) is 0. The van der Waals surface area contributed by atoms with E-state index in [1.165, 1.54) is 0 Å². The Labute approximate surface area is 144 Å². The van der Waals surface area contributed by atoms with Gasteiger partial charge in [0.05, 0.1) is 16.4 Å². The molecule has 0 atom stereocenters. The van der Waals surface area contributed by atoms with Gasteiger partial charge in [-0.05, 0) is 60.6 Å². The molecule has 0 aliphatic heterocycles. The summed E-state index contributed by atoms with van der Waals surface area (Å²) in [6.45, 7) is 0. The van der Waals surface area contributed by atoms with Gasteiger partial charge in [-0.3, -0.25) is 0 Å². The van der Waals surface area contributed by atoms with Crippen LogP contribution in [0.15, 0.2) is 72.5 Å². The zero-order valence-corrected chi connectivity index (χ0v) is 11.0. The van der Waals surface area contributed by atoms with Gasteiger partial charge in [0.15, 0.2) is 0 Å². The lowest BCUT2D eigenvalue weighted by atomic mass is 9.91. The Balaban J connectivity index is 2.12. The van der Waals surface area contributed by atoms with Crippen LogP contribution in [0.4, 0.5) is 0 Å². The number of benzene rings is 5. The van der Waals surface area contributed by atoms with Crippen LogP contribution < -0.4 is 0 Å². The van der Waals surface area contributed by atoms with E-state index in [1.54, 1.807) is 0 Å². The molecule has 0 bridgehead atoms. The van der Waals surface area contributed by atoms with E-state index < -0.39 is 60.4 Å². The average Bonchev–Trinajstić information content (AvgIpc) is 3.16. The Morgan fingerprint density at radius 1 is 0.455 bits per heavy atom. The first kappa shape index (κ1) is 4.82. The van der Waals surface area contributed by atoms with Gasteiger partial charge in [-0.15, -0.1) is 0 Å². The molecule has 0 saturated carbocycles. The molecule has 1 aliphatic rings. The van der Waals surface area contributed by atoms with Gasteiger partial charge in [-0.1, -0.05) is 66.5 Å². The van der Waals surface area contributed by atoms with Gasteiger partial charge in [0.2, 0.25) is 0 Å². The summed E-state index contributed by atoms with van der Waals surface area (Å²) in [7, 11) is 0. The first-order chi connectivity index (χ1) is 15.9. The molecule has 0 aromatic heterocycles. The van der Waals surface area contributed by atoms with Gasteiger partial charge in [0, 0.05) is 0 Å². The quantitative estimate of drug-likeness (QED) is 0.291. The van der Waals surface area contributed by atoms with Crippen molar-refractivity contribution >= 4 is 32.3 Å². The molecule has 0 fully saturated rings. The van der Waals surface area contributed by atoms with Gasteiger partial charge >= 0.3 is 0 Å². The topological polar surface area (TPSA) is 0 Å². The first-order valence-electron chi connectivity index (χ1n) is 12.8. The van der Waals surface area contributed by atoms with Gasteiger partial charge in [-0.25, -0.2) is 0 Å². The fourth-order valence-electron chi connectivity index (χ4n) is 3.31. The smallest absolute Gasteiger partial charge is 0.0616 e. The highest BCUT2D eigenvalue weighted by molar-refractivity contribution is 6.31. The van der Waals surface area contributed by atoms with Gasteiger partial charge in [0.1, 0.15) is 0 Å². The standard InChI is InChI=1S/C22H12/c1-2-7-17-16(6-1)18-11-10-14-9-8-13-4-3-5-15-12-19(17)22(18)21(14)20(13)15/h1-12H/i1D,2D,3D,4D,5D,6D,7D,8D,9D,10D,11D,12D. The van der Waals surface area contributed by atoms with Crippen LogP contribution in [0.5, 0.6) is 0 Å². The molecule has 0 radical (unpaired) electrons. The van der Waals surface area contributed by atoms with Crippen molar-refractivity contribution in [2.24, 2.45) is 0 Å². The summed E-state index contributed by atoms with van der Waals surface area (Å²) in [5, 5.41) is 0.191. The third-order valence-electron chi connectivity index (χ3n) is 4.19. The number of hydrogen-bond donors (Lipinski definition) is 0. The molecule has 6 rings (SSSR count). The van der Waals surface area contributed by atoms with Crippen molar-refractivity contribution < 1.29 is 16.4 Å². The zero-order chi connectivity index (χ0) is 24.7. The van der Waals surface area contributed by atoms with Crippen LogP contribution in [0.3, 0.4) is 0 Å². The first-order valence-corrected chi connectivity index (χ1v) is 6.75. The Kier molecular flexibility index (Phi) is 0.762. The monoisotopic (exact) mass is 288 g/mol. The second kappa shape index (κ2) is 3.48. The van der Waals surface area contributed by atoms with Crippen molar-refractivity contribution in [3.05, 3.63) is 72.5 Å². The minimum Gasteiger partial charge on any atom is -0.0616 e. The normalized spacial score (nSPS) is 20.2. The van der Waals surface area contributed by atoms with Gasteiger partial charge < -0.3 is 0 Å². The lowest BCUT2D eigenvalue weighted by molar-refractivity contribution is 1.70. The van der Waals surface area contributed by atoms with Crippen molar-refractivity contribution in [1.29, 1.82) is 0 Å². The third-order valence-corrected chi connectivity index (χ3v) is 4.19. The maximum atomic E-state index is 8.97. The van der Waals surface area contributed by atoms with E-state index in [2.05, 4.69) is 0 Å². The summed E-state index contributed by atoms with van der Waals surface area (Å²) in [4.78, 5) is 0. The van der Waals surface area contributed by atoms with E-state index in [4.69, 9.17) is 16.4 Å². The molecule has 0 nitrogen and oxygen atoms in total. The van der Waals surface area contributed by atoms with E-state index in [1.807, 2.05) is 0 Å². The van der Waals surface area contributed by atoms with Crippen LogP contribution in [0.2, 0.25) is 0 Å². The molecule has 22 heavy (non-hydrogen) atoms. The largest absolute Gasteiger partial charge is 0.0636 e. The van der Waals surface area contributed by atoms with Crippen LogP contribution in [-0.4, -0.2) is 0 Å². The Hall–Kier alpha value is -2.86. The molecule has 0 heteroatoms. The maximum Gasteiger partial charge on any atom is 0.0636 e. The van der Waals surface area contributed by atoms with Crippen molar-refractivity contribution in [2.45, 2.75) is 0 Å². The predicted octanol–water partition coefficient (Wildman–Crippen LogP) is 6.23. The fourth-order valence-corrected chi connectivity index (χ4v) is 3.31. The molecule has 0 unspecified atom stereocenters. The number of rotatable bonds is 0. The second-order valence-corrected chi connectivity index (χ2v) is 5.25. The molecular weight excluding hydrogens is 264 g/mol. The summed E-state index contributed by atoms with van der Waals surface area (Å²) < 4.78 is 102. The van der Waals surface area contributed by atoms with E-state index in [-0.39, 0.29) is 66.7 Å². The molecular formula is C22H12. The van der Waals surface area contributed by atoms with Crippen molar-refractivity contribution in [3.63, 3.8) is 0 Å². The summed E-state index contributed by atoms with van der Waals surface area (Å²) in [6, 6.07) is -5.31. The zero-order valence-electron chi connectivity index (χ0n) is 23.0. The minimum atomic E-state index is -0.529. The number of fused-ring (bicyclic) bond motifs is 3. The van der Waals surface area contributed by atoms with Crippen LogP contribution in [0, 0.1) is 0 Å². The minimum absolute atomic E-state index is 0.0208. The van der Waals surface area contributed by atoms with Crippen LogP contribution in [0.25, 0.3) is 54.6 Å². The molecule has 0 spiro atoms. The molecule has 0 N–H and O–H groups in total. The Morgan fingerprint density at radius 2 is 1.14 bits per heavy atom. The van der Waals surface area contributed by atoms with Crippen molar-refractivity contribution in [3.8, 4) is 22.3 Å². The molecule has 5 aromatic rings. The van der Waals surface area contributed by atoms with Crippen LogP contribution >= 0.6 is 0 Å². The Bertz CT molecular complexity index is 1820. The highest BCUT2D eigenvalue weighted by Gasteiger charge is 2.23. The number of hydrogen-bond acceptors (Lipinski definition) is 0. The molecule has 0 amide bonds. The molecule has 1 aliphatic carbocycles. The van der Waals surface area contributed by atoms with E-state index in [0.29, 0.717) is 0 Å². The van der Waals surface area contributed by atoms with E-state index in [9.17, 15) is 0 Å². The lowest BCUT2D eigenvalue weighted by Gasteiger charge is -2.12. The predicted molar refractivity (Wildman–Crippen MR) is 94.6 cm³/mol. The second-order valence-electron chi connectivity index (χ2n) is 5.25. The van der Waals surface area contributed by atoms with Crippen molar-refractivity contribution in [1.82, 2.24) is 0 Å². The molecule has 100 valence electrons. The molecule has 0 heterocycles. The van der Waals surface area contributed by atoms with E-state index in [0.717, 1.165) is 0 Å². The molecule has 5 aromatic carbocycles. The lowest BCUT2D eigenvalue weighted by Crippen LogP contribution is -1.85. The highest BCUT2D eigenvalue weighted by atomic mass is 14.3. The van der Waals surface area contributed by atoms with Crippen molar-refractivity contribution in [2.75, 3.05) is 0 Å². The van der Waals surface area contributed by atoms with Gasteiger partial charge in [0.25, 0.3) is 0 Å². The SMILES string of the molecule is [2H]c1c([2H])c([2H])c2c(c1[2H])-c1c([2H])c([2H])c3c([2H])c([2H])c4c([2H])c([2H])c([2H])c5c([2H])c-2c1c3c45. The summed E-state index contributed by atoms with van der Waals surface area (Å²) in [6.07, 6.45) is 0. The van der Waals surface area contributed by atoms with Gasteiger partial charge in [-0.2, -0.15) is 0 Å². The maximum absolute atomic E-state index is 8.97. The Morgan fingerprint density at radius 3 is 2.00 bits per heavy atom. The highest BCUT2D eigenvalue weighted by Crippen LogP contribution is 2.51. The van der Waals surface area contributed by atoms with E-state index >= 15 is 0 Å². The molecule has 0 saturated heterocycles. The summed E-state index contributed by atoms with van der Waals surface area (Å²) in [5.41, 5.74) is 0.0447. The average molecular weight is 288 g/mol.